The van der Waals surface area contributed by atoms with E-state index in [0.717, 1.165) is 27.4 Å². The molecule has 2 amide bonds. The van der Waals surface area contributed by atoms with Gasteiger partial charge in [0.25, 0.3) is 10.0 Å². The van der Waals surface area contributed by atoms with Crippen LogP contribution in [-0.2, 0) is 32.6 Å². The molecule has 7 nitrogen and oxygen atoms in total. The quantitative estimate of drug-likeness (QED) is 0.199. The van der Waals surface area contributed by atoms with Crippen LogP contribution in [0.15, 0.2) is 114 Å². The number of carbonyl (C=O) groups excluding carboxylic acids is 2. The number of nitrogens with one attached hydrogen (secondary N) is 1. The van der Waals surface area contributed by atoms with Gasteiger partial charge in [0.1, 0.15) is 12.6 Å². The molecule has 0 aromatic heterocycles. The van der Waals surface area contributed by atoms with E-state index >= 15 is 0 Å². The summed E-state index contributed by atoms with van der Waals surface area (Å²) in [5.74, 6) is -0.797. The Morgan fingerprint density at radius 2 is 1.47 bits per heavy atom. The minimum absolute atomic E-state index is 0.000289. The number of hydrogen-bond acceptors (Lipinski definition) is 4. The zero-order valence-corrected chi connectivity index (χ0v) is 25.9. The molecule has 0 spiro atoms. The molecular formula is C34H36ClN3O4S. The summed E-state index contributed by atoms with van der Waals surface area (Å²) < 4.78 is 29.0. The molecule has 4 aromatic carbocycles. The summed E-state index contributed by atoms with van der Waals surface area (Å²) in [4.78, 5) is 29.5. The molecule has 9 heteroatoms. The molecule has 0 radical (unpaired) electrons. The number of rotatable bonds is 13. The fraction of sp³-hybridized carbons (Fsp3) is 0.235. The third kappa shape index (κ3) is 8.46. The van der Waals surface area contributed by atoms with Crippen molar-refractivity contribution in [2.24, 2.45) is 0 Å². The first-order chi connectivity index (χ1) is 20.7. The summed E-state index contributed by atoms with van der Waals surface area (Å²) in [6.07, 6.45) is 1.000. The normalized spacial score (nSPS) is 11.9. The molecule has 0 saturated carbocycles. The van der Waals surface area contributed by atoms with Crippen molar-refractivity contribution in [2.75, 3.05) is 17.4 Å². The van der Waals surface area contributed by atoms with Crippen LogP contribution in [0.1, 0.15) is 30.0 Å². The molecule has 0 bridgehead atoms. The standard InChI is InChI=1S/C34H36ClN3O4S/c1-3-21-36-34(40)32(23-27-12-6-4-7-13-27)37(24-28-14-10-11-26(2)22-28)33(39)25-38(30-15-8-5-9-16-30)43(41,42)31-19-17-29(35)18-20-31/h4-20,22,32H,3,21,23-25H2,1-2H3,(H,36,40)/t32-/m0/s1. The van der Waals surface area contributed by atoms with Gasteiger partial charge < -0.3 is 10.2 Å². The first kappa shape index (κ1) is 31.8. The first-order valence-electron chi connectivity index (χ1n) is 14.2. The maximum absolute atomic E-state index is 14.4. The van der Waals surface area contributed by atoms with Gasteiger partial charge in [-0.1, -0.05) is 96.9 Å². The van der Waals surface area contributed by atoms with Gasteiger partial charge in [0.2, 0.25) is 11.8 Å². The lowest BCUT2D eigenvalue weighted by molar-refractivity contribution is -0.140. The Morgan fingerprint density at radius 1 is 0.837 bits per heavy atom. The van der Waals surface area contributed by atoms with E-state index in [4.69, 9.17) is 11.6 Å². The average molecular weight is 618 g/mol. The fourth-order valence-corrected chi connectivity index (χ4v) is 6.32. The minimum atomic E-state index is -4.17. The lowest BCUT2D eigenvalue weighted by atomic mass is 10.0. The number of hydrogen-bond donors (Lipinski definition) is 1. The number of nitrogens with zero attached hydrogens (tertiary/aromatic N) is 2. The number of carbonyl (C=O) groups is 2. The van der Waals surface area contributed by atoms with E-state index in [2.05, 4.69) is 5.32 Å². The van der Waals surface area contributed by atoms with Crippen molar-refractivity contribution in [3.63, 3.8) is 0 Å². The molecule has 1 N–H and O–H groups in total. The van der Waals surface area contributed by atoms with Gasteiger partial charge in [0.15, 0.2) is 0 Å². The van der Waals surface area contributed by atoms with Gasteiger partial charge in [0, 0.05) is 24.5 Å². The Hall–Kier alpha value is -4.14. The van der Waals surface area contributed by atoms with E-state index < -0.39 is 28.5 Å². The molecule has 0 saturated heterocycles. The van der Waals surface area contributed by atoms with Crippen LogP contribution in [0, 0.1) is 6.92 Å². The van der Waals surface area contributed by atoms with Crippen LogP contribution in [-0.4, -0.2) is 44.3 Å². The third-order valence-corrected chi connectivity index (χ3v) is 9.02. The van der Waals surface area contributed by atoms with E-state index in [1.165, 1.54) is 29.2 Å². The Labute approximate surface area is 259 Å². The third-order valence-electron chi connectivity index (χ3n) is 6.98. The van der Waals surface area contributed by atoms with Gasteiger partial charge in [-0.05, 0) is 60.9 Å². The van der Waals surface area contributed by atoms with Crippen LogP contribution in [0.3, 0.4) is 0 Å². The molecule has 0 fully saturated rings. The fourth-order valence-electron chi connectivity index (χ4n) is 4.78. The predicted octanol–water partition coefficient (Wildman–Crippen LogP) is 6.01. The van der Waals surface area contributed by atoms with E-state index in [-0.39, 0.29) is 23.8 Å². The Kier molecular flexibility index (Phi) is 11.0. The highest BCUT2D eigenvalue weighted by molar-refractivity contribution is 7.92. The van der Waals surface area contributed by atoms with Crippen LogP contribution < -0.4 is 9.62 Å². The molecule has 0 heterocycles. The van der Waals surface area contributed by atoms with Crippen LogP contribution in [0.25, 0.3) is 0 Å². The van der Waals surface area contributed by atoms with Crippen LogP contribution in [0.4, 0.5) is 5.69 Å². The number of halogens is 1. The van der Waals surface area contributed by atoms with Crippen molar-refractivity contribution < 1.29 is 18.0 Å². The molecule has 1 atom stereocenters. The van der Waals surface area contributed by atoms with Crippen LogP contribution in [0.5, 0.6) is 0 Å². The summed E-state index contributed by atoms with van der Waals surface area (Å²) >= 11 is 6.03. The summed E-state index contributed by atoms with van der Waals surface area (Å²) in [6, 6.07) is 30.6. The smallest absolute Gasteiger partial charge is 0.264 e. The highest BCUT2D eigenvalue weighted by Gasteiger charge is 2.34. The van der Waals surface area contributed by atoms with Gasteiger partial charge >= 0.3 is 0 Å². The van der Waals surface area contributed by atoms with Crippen LogP contribution in [0.2, 0.25) is 5.02 Å². The maximum Gasteiger partial charge on any atom is 0.264 e. The second-order valence-corrected chi connectivity index (χ2v) is 12.6. The lowest BCUT2D eigenvalue weighted by Crippen LogP contribution is -2.53. The summed E-state index contributed by atoms with van der Waals surface area (Å²) in [7, 11) is -4.17. The van der Waals surface area contributed by atoms with Gasteiger partial charge in [-0.2, -0.15) is 0 Å². The van der Waals surface area contributed by atoms with Crippen molar-refractivity contribution in [3.05, 3.63) is 131 Å². The Bertz CT molecular complexity index is 1610. The zero-order valence-electron chi connectivity index (χ0n) is 24.3. The van der Waals surface area contributed by atoms with Gasteiger partial charge in [-0.25, -0.2) is 8.42 Å². The average Bonchev–Trinajstić information content (AvgIpc) is 3.01. The van der Waals surface area contributed by atoms with Gasteiger partial charge in [-0.3, -0.25) is 13.9 Å². The van der Waals surface area contributed by atoms with Crippen molar-refractivity contribution in [1.29, 1.82) is 0 Å². The maximum atomic E-state index is 14.4. The lowest BCUT2D eigenvalue weighted by Gasteiger charge is -2.34. The molecule has 0 unspecified atom stereocenters. The SMILES string of the molecule is CCCNC(=O)[C@H](Cc1ccccc1)N(Cc1cccc(C)c1)C(=O)CN(c1ccccc1)S(=O)(=O)c1ccc(Cl)cc1. The van der Waals surface area contributed by atoms with Crippen molar-refractivity contribution in [2.45, 2.75) is 44.2 Å². The number of amides is 2. The zero-order chi connectivity index (χ0) is 30.8. The second kappa shape index (κ2) is 14.8. The number of para-hydroxylation sites is 1. The molecule has 43 heavy (non-hydrogen) atoms. The van der Waals surface area contributed by atoms with E-state index in [0.29, 0.717) is 17.3 Å². The highest BCUT2D eigenvalue weighted by atomic mass is 35.5. The van der Waals surface area contributed by atoms with Crippen molar-refractivity contribution in [3.8, 4) is 0 Å². The van der Waals surface area contributed by atoms with E-state index in [9.17, 15) is 18.0 Å². The minimum Gasteiger partial charge on any atom is -0.354 e. The largest absolute Gasteiger partial charge is 0.354 e. The monoisotopic (exact) mass is 617 g/mol. The summed E-state index contributed by atoms with van der Waals surface area (Å²) in [5.41, 5.74) is 3.06. The number of benzene rings is 4. The Balaban J connectivity index is 1.78. The predicted molar refractivity (Wildman–Crippen MR) is 171 cm³/mol. The highest BCUT2D eigenvalue weighted by Crippen LogP contribution is 2.26. The van der Waals surface area contributed by atoms with Gasteiger partial charge in [-0.15, -0.1) is 0 Å². The molecule has 224 valence electrons. The number of sulfonamides is 1. The topological polar surface area (TPSA) is 86.8 Å². The second-order valence-electron chi connectivity index (χ2n) is 10.3. The Morgan fingerprint density at radius 3 is 2.09 bits per heavy atom. The molecule has 0 aliphatic heterocycles. The van der Waals surface area contributed by atoms with Crippen LogP contribution >= 0.6 is 11.6 Å². The number of aryl methyl sites for hydroxylation is 1. The summed E-state index contributed by atoms with van der Waals surface area (Å²) in [5, 5.41) is 3.35. The van der Waals surface area contributed by atoms with E-state index in [1.54, 1.807) is 30.3 Å². The first-order valence-corrected chi connectivity index (χ1v) is 16.0. The van der Waals surface area contributed by atoms with Gasteiger partial charge in [0.05, 0.1) is 10.6 Å². The van der Waals surface area contributed by atoms with Crippen molar-refractivity contribution in [1.82, 2.24) is 10.2 Å². The molecule has 0 aliphatic rings. The number of anilines is 1. The molecule has 4 rings (SSSR count). The molecular weight excluding hydrogens is 582 g/mol. The summed E-state index contributed by atoms with van der Waals surface area (Å²) in [6.45, 7) is 3.99. The molecule has 4 aromatic rings. The molecule has 0 aliphatic carbocycles. The van der Waals surface area contributed by atoms with E-state index in [1.807, 2.05) is 68.4 Å². The van der Waals surface area contributed by atoms with Crippen molar-refractivity contribution >= 4 is 39.1 Å².